The van der Waals surface area contributed by atoms with Crippen molar-refractivity contribution in [3.05, 3.63) is 42.2 Å². The van der Waals surface area contributed by atoms with Crippen molar-refractivity contribution >= 4 is 11.6 Å². The van der Waals surface area contributed by atoms with E-state index in [1.807, 2.05) is 30.3 Å². The summed E-state index contributed by atoms with van der Waals surface area (Å²) in [4.78, 5) is 8.74. The molecular formula is C16H15F2N5. The number of alkyl halides is 2. The Balaban J connectivity index is 1.76. The normalized spacial score (nSPS) is 20.2. The SMILES string of the molecule is Nc1nc(-c2ccccc2)cc2nc([C@H]3CCC(F)(F)C3)nn12. The molecule has 2 heterocycles. The van der Waals surface area contributed by atoms with Crippen molar-refractivity contribution in [3.8, 4) is 11.3 Å². The van der Waals surface area contributed by atoms with Crippen molar-refractivity contribution < 1.29 is 8.78 Å². The highest BCUT2D eigenvalue weighted by Gasteiger charge is 2.41. The predicted octanol–water partition coefficient (Wildman–Crippen LogP) is 3.28. The van der Waals surface area contributed by atoms with Crippen LogP contribution >= 0.6 is 0 Å². The molecule has 5 nitrogen and oxygen atoms in total. The van der Waals surface area contributed by atoms with Crippen LogP contribution in [0, 0.1) is 0 Å². The Morgan fingerprint density at radius 3 is 2.65 bits per heavy atom. The van der Waals surface area contributed by atoms with Gasteiger partial charge in [0, 0.05) is 30.4 Å². The van der Waals surface area contributed by atoms with Gasteiger partial charge in [-0.25, -0.2) is 18.7 Å². The zero-order chi connectivity index (χ0) is 16.0. The van der Waals surface area contributed by atoms with E-state index in [2.05, 4.69) is 15.1 Å². The number of anilines is 1. The third kappa shape index (κ3) is 2.52. The number of benzene rings is 1. The number of nitrogens with two attached hydrogens (primary N) is 1. The second-order valence-electron chi connectivity index (χ2n) is 5.90. The van der Waals surface area contributed by atoms with E-state index in [0.29, 0.717) is 23.6 Å². The van der Waals surface area contributed by atoms with Crippen molar-refractivity contribution in [3.63, 3.8) is 0 Å². The molecule has 0 radical (unpaired) electrons. The van der Waals surface area contributed by atoms with Crippen LogP contribution in [0.4, 0.5) is 14.7 Å². The minimum absolute atomic E-state index is 0.115. The molecule has 2 N–H and O–H groups in total. The summed E-state index contributed by atoms with van der Waals surface area (Å²) in [5.41, 5.74) is 8.09. The molecule has 1 fully saturated rings. The van der Waals surface area contributed by atoms with Gasteiger partial charge in [0.15, 0.2) is 11.5 Å². The van der Waals surface area contributed by atoms with Crippen LogP contribution in [0.3, 0.4) is 0 Å². The summed E-state index contributed by atoms with van der Waals surface area (Å²) in [6.07, 6.45) is 0.0712. The van der Waals surface area contributed by atoms with E-state index in [1.54, 1.807) is 6.07 Å². The summed E-state index contributed by atoms with van der Waals surface area (Å²) >= 11 is 0. The number of halogens is 2. The number of hydrogen-bond donors (Lipinski definition) is 1. The van der Waals surface area contributed by atoms with Crippen molar-refractivity contribution in [1.82, 2.24) is 19.6 Å². The number of nitrogens with zero attached hydrogens (tertiary/aromatic N) is 4. The van der Waals surface area contributed by atoms with Crippen LogP contribution in [0.25, 0.3) is 16.9 Å². The van der Waals surface area contributed by atoms with Gasteiger partial charge in [0.2, 0.25) is 11.9 Å². The van der Waals surface area contributed by atoms with Crippen molar-refractivity contribution in [2.75, 3.05) is 5.73 Å². The van der Waals surface area contributed by atoms with Gasteiger partial charge >= 0.3 is 0 Å². The average Bonchev–Trinajstić information content (AvgIpc) is 3.11. The van der Waals surface area contributed by atoms with E-state index in [1.165, 1.54) is 4.52 Å². The molecule has 118 valence electrons. The largest absolute Gasteiger partial charge is 0.368 e. The fraction of sp³-hybridized carbons (Fsp3) is 0.312. The van der Waals surface area contributed by atoms with Gasteiger partial charge < -0.3 is 5.73 Å². The summed E-state index contributed by atoms with van der Waals surface area (Å²) in [5.74, 6) is -2.34. The molecule has 7 heteroatoms. The van der Waals surface area contributed by atoms with Crippen molar-refractivity contribution in [1.29, 1.82) is 0 Å². The third-order valence-corrected chi connectivity index (χ3v) is 4.20. The number of hydrogen-bond acceptors (Lipinski definition) is 4. The third-order valence-electron chi connectivity index (χ3n) is 4.20. The molecule has 1 atom stereocenters. The van der Waals surface area contributed by atoms with Crippen LogP contribution in [-0.2, 0) is 0 Å². The molecule has 0 bridgehead atoms. The van der Waals surface area contributed by atoms with Crippen LogP contribution in [0.1, 0.15) is 31.0 Å². The maximum Gasteiger partial charge on any atom is 0.248 e. The maximum atomic E-state index is 13.4. The Bertz CT molecular complexity index is 860. The number of nitrogen functional groups attached to an aromatic ring is 1. The monoisotopic (exact) mass is 315 g/mol. The highest BCUT2D eigenvalue weighted by molar-refractivity contribution is 5.65. The van der Waals surface area contributed by atoms with E-state index in [-0.39, 0.29) is 24.7 Å². The minimum atomic E-state index is -2.62. The first kappa shape index (κ1) is 14.0. The van der Waals surface area contributed by atoms with Crippen LogP contribution in [0.15, 0.2) is 36.4 Å². The van der Waals surface area contributed by atoms with Gasteiger partial charge in [-0.1, -0.05) is 30.3 Å². The Kier molecular flexibility index (Phi) is 3.04. The Labute approximate surface area is 131 Å². The first-order valence-electron chi connectivity index (χ1n) is 7.48. The molecule has 1 saturated carbocycles. The minimum Gasteiger partial charge on any atom is -0.368 e. The molecule has 3 aromatic rings. The maximum absolute atomic E-state index is 13.4. The van der Waals surface area contributed by atoms with Crippen molar-refractivity contribution in [2.24, 2.45) is 0 Å². The fourth-order valence-electron chi connectivity index (χ4n) is 3.03. The fourth-order valence-corrected chi connectivity index (χ4v) is 3.03. The highest BCUT2D eigenvalue weighted by atomic mass is 19.3. The Hall–Kier alpha value is -2.57. The summed E-state index contributed by atoms with van der Waals surface area (Å²) in [7, 11) is 0. The zero-order valence-electron chi connectivity index (χ0n) is 12.3. The topological polar surface area (TPSA) is 69.1 Å². The molecule has 1 aliphatic carbocycles. The highest BCUT2D eigenvalue weighted by Crippen LogP contribution is 2.43. The van der Waals surface area contributed by atoms with Gasteiger partial charge in [0.05, 0.1) is 5.69 Å². The van der Waals surface area contributed by atoms with Gasteiger partial charge in [0.1, 0.15) is 0 Å². The summed E-state index contributed by atoms with van der Waals surface area (Å²) < 4.78 is 28.2. The zero-order valence-corrected chi connectivity index (χ0v) is 12.3. The molecule has 0 unspecified atom stereocenters. The molecule has 0 spiro atoms. The van der Waals surface area contributed by atoms with Crippen LogP contribution < -0.4 is 5.73 Å². The molecule has 1 aliphatic rings. The van der Waals surface area contributed by atoms with Gasteiger partial charge in [-0.3, -0.25) is 0 Å². The van der Waals surface area contributed by atoms with E-state index in [9.17, 15) is 8.78 Å². The lowest BCUT2D eigenvalue weighted by Crippen LogP contribution is -2.09. The quantitative estimate of drug-likeness (QED) is 0.788. The number of rotatable bonds is 2. The molecule has 23 heavy (non-hydrogen) atoms. The van der Waals surface area contributed by atoms with E-state index >= 15 is 0 Å². The number of aromatic nitrogens is 4. The van der Waals surface area contributed by atoms with Gasteiger partial charge in [-0.2, -0.15) is 4.52 Å². The lowest BCUT2D eigenvalue weighted by Gasteiger charge is -2.06. The second-order valence-corrected chi connectivity index (χ2v) is 5.90. The molecule has 4 rings (SSSR count). The second kappa shape index (κ2) is 4.97. The molecule has 1 aromatic carbocycles. The first-order valence-corrected chi connectivity index (χ1v) is 7.48. The molecule has 0 aliphatic heterocycles. The first-order chi connectivity index (χ1) is 11.0. The smallest absolute Gasteiger partial charge is 0.248 e. The van der Waals surface area contributed by atoms with Crippen LogP contribution in [0.2, 0.25) is 0 Å². The standard InChI is InChI=1S/C16H15F2N5/c17-16(18)7-6-11(9-16)14-21-13-8-12(10-4-2-1-3-5-10)20-15(19)23(13)22-14/h1-5,8,11H,6-7,9H2,(H2,19,20)/t11-/m0/s1. The molecular weight excluding hydrogens is 300 g/mol. The molecule has 0 amide bonds. The Morgan fingerprint density at radius 1 is 1.17 bits per heavy atom. The van der Waals surface area contributed by atoms with Gasteiger partial charge in [0.25, 0.3) is 0 Å². The molecule has 0 saturated heterocycles. The van der Waals surface area contributed by atoms with Gasteiger partial charge in [-0.15, -0.1) is 5.10 Å². The Morgan fingerprint density at radius 2 is 1.96 bits per heavy atom. The lowest BCUT2D eigenvalue weighted by atomic mass is 10.1. The average molecular weight is 315 g/mol. The van der Waals surface area contributed by atoms with E-state index in [0.717, 1.165) is 5.56 Å². The van der Waals surface area contributed by atoms with Crippen LogP contribution in [0.5, 0.6) is 0 Å². The summed E-state index contributed by atoms with van der Waals surface area (Å²) in [6.45, 7) is 0. The van der Waals surface area contributed by atoms with Crippen molar-refractivity contribution in [2.45, 2.75) is 31.1 Å². The van der Waals surface area contributed by atoms with Crippen LogP contribution in [-0.4, -0.2) is 25.5 Å². The molecule has 2 aromatic heterocycles. The summed E-state index contributed by atoms with van der Waals surface area (Å²) in [5, 5.41) is 4.28. The van der Waals surface area contributed by atoms with Gasteiger partial charge in [-0.05, 0) is 6.42 Å². The van der Waals surface area contributed by atoms with E-state index < -0.39 is 5.92 Å². The summed E-state index contributed by atoms with van der Waals surface area (Å²) in [6, 6.07) is 11.4. The van der Waals surface area contributed by atoms with E-state index in [4.69, 9.17) is 5.73 Å². The predicted molar refractivity (Wildman–Crippen MR) is 82.2 cm³/mol. The lowest BCUT2D eigenvalue weighted by molar-refractivity contribution is 0.00754. The number of fused-ring (bicyclic) bond motifs is 1.